The first kappa shape index (κ1) is 21.4. The molecule has 0 unspecified atom stereocenters. The lowest BCUT2D eigenvalue weighted by molar-refractivity contribution is 0.592. The Balaban J connectivity index is 1.84. The molecule has 0 heterocycles. The van der Waals surface area contributed by atoms with Crippen molar-refractivity contribution in [2.24, 2.45) is 10.2 Å². The van der Waals surface area contributed by atoms with E-state index in [0.29, 0.717) is 5.69 Å². The first-order valence-electron chi connectivity index (χ1n) is 9.99. The average Bonchev–Trinajstić information content (AvgIpc) is 2.81. The molecule has 0 aromatic heterocycles. The Kier molecular flexibility index (Phi) is 6.31. The molecule has 3 nitrogen and oxygen atoms in total. The van der Waals surface area contributed by atoms with Gasteiger partial charge in [0.05, 0.1) is 11.4 Å². The number of nitrogens with zero attached hydrogens (tertiary/aromatic N) is 2. The Morgan fingerprint density at radius 2 is 1.10 bits per heavy atom. The lowest BCUT2D eigenvalue weighted by Gasteiger charge is -2.20. The summed E-state index contributed by atoms with van der Waals surface area (Å²) < 4.78 is 15.5. The van der Waals surface area contributed by atoms with Gasteiger partial charge in [0.15, 0.2) is 7.14 Å². The summed E-state index contributed by atoms with van der Waals surface area (Å²) in [5.41, 5.74) is 3.53. The van der Waals surface area contributed by atoms with Crippen LogP contribution in [0.25, 0.3) is 0 Å². The molecule has 0 fully saturated rings. The van der Waals surface area contributed by atoms with Gasteiger partial charge in [0.25, 0.3) is 0 Å². The van der Waals surface area contributed by atoms with Gasteiger partial charge in [-0.3, -0.25) is 0 Å². The number of aryl methyl sites for hydroxylation is 2. The Hall–Kier alpha value is -2.81. The van der Waals surface area contributed by atoms with Gasteiger partial charge < -0.3 is 4.57 Å². The molecule has 0 N–H and O–H groups in total. The largest absolute Gasteiger partial charge is 0.309 e. The Morgan fingerprint density at radius 3 is 1.65 bits per heavy atom. The first-order chi connectivity index (χ1) is 15.0. The van der Waals surface area contributed by atoms with E-state index in [0.717, 1.165) is 37.2 Å². The maximum Gasteiger partial charge on any atom is 0.171 e. The Morgan fingerprint density at radius 1 is 0.613 bits per heavy atom. The fourth-order valence-electron chi connectivity index (χ4n) is 3.42. The third kappa shape index (κ3) is 4.46. The van der Waals surface area contributed by atoms with Gasteiger partial charge in [0, 0.05) is 20.4 Å². The van der Waals surface area contributed by atoms with E-state index in [1.807, 2.05) is 111 Å². The summed E-state index contributed by atoms with van der Waals surface area (Å²) >= 11 is 3.49. The van der Waals surface area contributed by atoms with Gasteiger partial charge in [-0.25, -0.2) is 0 Å². The van der Waals surface area contributed by atoms with E-state index < -0.39 is 7.14 Å². The molecular weight excluding hydrogens is 467 g/mol. The molecule has 0 radical (unpaired) electrons. The zero-order valence-corrected chi connectivity index (χ0v) is 19.8. The number of halogens is 1. The van der Waals surface area contributed by atoms with Crippen LogP contribution in [-0.4, -0.2) is 0 Å². The number of hydrogen-bond donors (Lipinski definition) is 0. The molecule has 0 aliphatic rings. The van der Waals surface area contributed by atoms with E-state index in [1.165, 1.54) is 0 Å². The molecule has 0 aliphatic heterocycles. The molecule has 31 heavy (non-hydrogen) atoms. The molecule has 0 saturated carbocycles. The van der Waals surface area contributed by atoms with Crippen molar-refractivity contribution in [2.45, 2.75) is 13.8 Å². The minimum Gasteiger partial charge on any atom is -0.309 e. The lowest BCUT2D eigenvalue weighted by Crippen LogP contribution is -2.24. The fraction of sp³-hybridized carbons (Fsp3) is 0.0769. The highest BCUT2D eigenvalue weighted by Gasteiger charge is 2.29. The molecule has 0 bridgehead atoms. The molecule has 5 heteroatoms. The van der Waals surface area contributed by atoms with Crippen LogP contribution in [0.3, 0.4) is 0 Å². The molecule has 0 aliphatic carbocycles. The minimum absolute atomic E-state index is 0.712. The predicted molar refractivity (Wildman–Crippen MR) is 134 cm³/mol. The average molecular weight is 489 g/mol. The SMILES string of the molecule is Cc1ccc(Br)cc1N=Nc1cc(P(=O)(c2ccccc2)c2ccccc2)ccc1C. The molecular formula is C26H22BrN2OP. The second kappa shape index (κ2) is 9.13. The lowest BCUT2D eigenvalue weighted by atomic mass is 10.2. The third-order valence-electron chi connectivity index (χ3n) is 5.23. The first-order valence-corrected chi connectivity index (χ1v) is 12.5. The van der Waals surface area contributed by atoms with Gasteiger partial charge in [-0.1, -0.05) is 94.8 Å². The highest BCUT2D eigenvalue weighted by atomic mass is 79.9. The van der Waals surface area contributed by atoms with Crippen molar-refractivity contribution >= 4 is 50.4 Å². The van der Waals surface area contributed by atoms with Crippen LogP contribution in [0.1, 0.15) is 11.1 Å². The van der Waals surface area contributed by atoms with Crippen LogP contribution >= 0.6 is 23.1 Å². The van der Waals surface area contributed by atoms with Crippen LogP contribution in [0.4, 0.5) is 11.4 Å². The summed E-state index contributed by atoms with van der Waals surface area (Å²) in [7, 11) is -3.05. The van der Waals surface area contributed by atoms with E-state index in [2.05, 4.69) is 26.2 Å². The Bertz CT molecular complexity index is 1240. The zero-order chi connectivity index (χ0) is 21.8. The molecule has 0 saturated heterocycles. The van der Waals surface area contributed by atoms with Crippen molar-refractivity contribution in [3.8, 4) is 0 Å². The number of benzene rings is 4. The number of rotatable bonds is 5. The fourth-order valence-corrected chi connectivity index (χ4v) is 6.44. The van der Waals surface area contributed by atoms with Crippen LogP contribution in [0.15, 0.2) is 112 Å². The van der Waals surface area contributed by atoms with Crippen molar-refractivity contribution in [2.75, 3.05) is 0 Å². The van der Waals surface area contributed by atoms with Crippen LogP contribution in [-0.2, 0) is 4.57 Å². The molecule has 0 amide bonds. The monoisotopic (exact) mass is 488 g/mol. The second-order valence-electron chi connectivity index (χ2n) is 7.38. The van der Waals surface area contributed by atoms with Crippen LogP contribution in [0, 0.1) is 13.8 Å². The van der Waals surface area contributed by atoms with Crippen LogP contribution < -0.4 is 15.9 Å². The summed E-state index contributed by atoms with van der Waals surface area (Å²) in [4.78, 5) is 0. The minimum atomic E-state index is -3.05. The van der Waals surface area contributed by atoms with Crippen molar-refractivity contribution in [3.63, 3.8) is 0 Å². The maximum absolute atomic E-state index is 14.6. The highest BCUT2D eigenvalue weighted by Crippen LogP contribution is 2.43. The number of hydrogen-bond acceptors (Lipinski definition) is 3. The van der Waals surface area contributed by atoms with Gasteiger partial charge in [-0.2, -0.15) is 10.2 Å². The van der Waals surface area contributed by atoms with Gasteiger partial charge in [0.1, 0.15) is 0 Å². The summed E-state index contributed by atoms with van der Waals surface area (Å²) in [6.07, 6.45) is 0. The van der Waals surface area contributed by atoms with Gasteiger partial charge in [-0.05, 0) is 43.2 Å². The summed E-state index contributed by atoms with van der Waals surface area (Å²) in [6.45, 7) is 3.99. The quantitative estimate of drug-likeness (QED) is 0.217. The molecule has 154 valence electrons. The van der Waals surface area contributed by atoms with E-state index >= 15 is 0 Å². The maximum atomic E-state index is 14.6. The topological polar surface area (TPSA) is 41.8 Å². The van der Waals surface area contributed by atoms with Crippen molar-refractivity contribution in [3.05, 3.63) is 113 Å². The smallest absolute Gasteiger partial charge is 0.171 e. The predicted octanol–water partition coefficient (Wildman–Crippen LogP) is 7.12. The van der Waals surface area contributed by atoms with Crippen LogP contribution in [0.5, 0.6) is 0 Å². The van der Waals surface area contributed by atoms with E-state index in [-0.39, 0.29) is 0 Å². The summed E-state index contributed by atoms with van der Waals surface area (Å²) in [5, 5.41) is 11.3. The molecule has 4 aromatic carbocycles. The van der Waals surface area contributed by atoms with Crippen molar-refractivity contribution in [1.82, 2.24) is 0 Å². The van der Waals surface area contributed by atoms with Crippen molar-refractivity contribution in [1.29, 1.82) is 0 Å². The van der Waals surface area contributed by atoms with E-state index in [1.54, 1.807) is 0 Å². The van der Waals surface area contributed by atoms with Crippen molar-refractivity contribution < 1.29 is 4.57 Å². The molecule has 0 spiro atoms. The Labute approximate surface area is 191 Å². The summed E-state index contributed by atoms with van der Waals surface area (Å²) in [6, 6.07) is 31.0. The molecule has 4 rings (SSSR count). The second-order valence-corrected chi connectivity index (χ2v) is 11.1. The standard InChI is InChI=1S/C26H22BrN2OP/c1-19-13-15-21(27)17-25(19)28-29-26-18-24(16-14-20(26)2)31(30,22-9-5-3-6-10-22)23-11-7-4-8-12-23/h3-18H,1-2H3. The highest BCUT2D eigenvalue weighted by molar-refractivity contribution is 9.10. The number of azo groups is 1. The summed E-state index contributed by atoms with van der Waals surface area (Å²) in [5.74, 6) is 0. The van der Waals surface area contributed by atoms with Crippen LogP contribution in [0.2, 0.25) is 0 Å². The molecule has 0 atom stereocenters. The van der Waals surface area contributed by atoms with Gasteiger partial charge >= 0.3 is 0 Å². The van der Waals surface area contributed by atoms with Gasteiger partial charge in [0.2, 0.25) is 0 Å². The van der Waals surface area contributed by atoms with Gasteiger partial charge in [-0.15, -0.1) is 0 Å². The van der Waals surface area contributed by atoms with E-state index in [4.69, 9.17) is 0 Å². The zero-order valence-electron chi connectivity index (χ0n) is 17.4. The molecule has 4 aromatic rings. The third-order valence-corrected chi connectivity index (χ3v) is 8.78. The normalized spacial score (nSPS) is 11.7. The van der Waals surface area contributed by atoms with E-state index in [9.17, 15) is 4.57 Å².